The number of carbonyl (C=O) groups excluding carboxylic acids is 2. The Morgan fingerprint density at radius 1 is 1.00 bits per heavy atom. The predicted molar refractivity (Wildman–Crippen MR) is 99.0 cm³/mol. The van der Waals surface area contributed by atoms with Gasteiger partial charge in [-0.1, -0.05) is 43.7 Å². The monoisotopic (exact) mass is 370 g/mol. The van der Waals surface area contributed by atoms with Gasteiger partial charge in [-0.3, -0.25) is 23.6 Å². The minimum atomic E-state index is -1.13. The first kappa shape index (κ1) is 18.6. The first-order chi connectivity index (χ1) is 12.8. The maximum atomic E-state index is 13.3. The molecule has 0 bridgehead atoms. The molecule has 0 saturated carbocycles. The SMILES string of the molecule is CCC[C@]1(c2ccccc2)NC(=O)N(Cc2cc(=O)n(C)c(=O)n2C)C1=O. The van der Waals surface area contributed by atoms with Gasteiger partial charge in [-0.25, -0.2) is 9.59 Å². The second-order valence-corrected chi connectivity index (χ2v) is 6.72. The number of carbonyl (C=O) groups is 2. The molecule has 0 radical (unpaired) electrons. The Morgan fingerprint density at radius 2 is 1.67 bits per heavy atom. The molecule has 0 aliphatic carbocycles. The Bertz CT molecular complexity index is 1010. The molecule has 142 valence electrons. The Balaban J connectivity index is 2.02. The Morgan fingerprint density at radius 3 is 2.30 bits per heavy atom. The highest BCUT2D eigenvalue weighted by atomic mass is 16.2. The average molecular weight is 370 g/mol. The topological polar surface area (TPSA) is 93.4 Å². The van der Waals surface area contributed by atoms with Crippen LogP contribution in [0.3, 0.4) is 0 Å². The number of imide groups is 1. The van der Waals surface area contributed by atoms with Crippen LogP contribution in [-0.4, -0.2) is 26.0 Å². The van der Waals surface area contributed by atoms with Crippen LogP contribution >= 0.6 is 0 Å². The van der Waals surface area contributed by atoms with Gasteiger partial charge in [0.1, 0.15) is 5.54 Å². The van der Waals surface area contributed by atoms with Gasteiger partial charge < -0.3 is 5.32 Å². The molecular weight excluding hydrogens is 348 g/mol. The molecule has 3 rings (SSSR count). The second-order valence-electron chi connectivity index (χ2n) is 6.72. The van der Waals surface area contributed by atoms with Gasteiger partial charge in [0.05, 0.1) is 6.54 Å². The van der Waals surface area contributed by atoms with Crippen molar-refractivity contribution >= 4 is 11.9 Å². The van der Waals surface area contributed by atoms with Crippen molar-refractivity contribution < 1.29 is 9.59 Å². The van der Waals surface area contributed by atoms with E-state index < -0.39 is 22.8 Å². The summed E-state index contributed by atoms with van der Waals surface area (Å²) in [7, 11) is 2.88. The summed E-state index contributed by atoms with van der Waals surface area (Å²) in [6, 6.07) is 9.84. The fourth-order valence-electron chi connectivity index (χ4n) is 3.47. The van der Waals surface area contributed by atoms with Crippen molar-refractivity contribution in [2.24, 2.45) is 14.1 Å². The van der Waals surface area contributed by atoms with Crippen molar-refractivity contribution in [1.82, 2.24) is 19.4 Å². The first-order valence-corrected chi connectivity index (χ1v) is 8.77. The first-order valence-electron chi connectivity index (χ1n) is 8.77. The molecule has 2 aromatic rings. The molecule has 8 nitrogen and oxygen atoms in total. The summed E-state index contributed by atoms with van der Waals surface area (Å²) in [5, 5.41) is 2.83. The van der Waals surface area contributed by atoms with Gasteiger partial charge in [-0.05, 0) is 12.0 Å². The Labute approximate surface area is 156 Å². The molecule has 27 heavy (non-hydrogen) atoms. The maximum Gasteiger partial charge on any atom is 0.330 e. The minimum Gasteiger partial charge on any atom is -0.319 e. The van der Waals surface area contributed by atoms with Crippen LogP contribution in [0.2, 0.25) is 0 Å². The van der Waals surface area contributed by atoms with E-state index in [2.05, 4.69) is 5.32 Å². The summed E-state index contributed by atoms with van der Waals surface area (Å²) in [4.78, 5) is 51.0. The highest BCUT2D eigenvalue weighted by Crippen LogP contribution is 2.34. The van der Waals surface area contributed by atoms with E-state index in [1.165, 1.54) is 24.7 Å². The van der Waals surface area contributed by atoms with E-state index >= 15 is 0 Å². The van der Waals surface area contributed by atoms with Crippen LogP contribution in [0.1, 0.15) is 31.0 Å². The number of nitrogens with one attached hydrogen (secondary N) is 1. The molecule has 8 heteroatoms. The van der Waals surface area contributed by atoms with Crippen LogP contribution in [0.15, 0.2) is 46.0 Å². The van der Waals surface area contributed by atoms with Gasteiger partial charge in [0.15, 0.2) is 0 Å². The highest BCUT2D eigenvalue weighted by Gasteiger charge is 2.51. The lowest BCUT2D eigenvalue weighted by atomic mass is 9.85. The number of benzene rings is 1. The largest absolute Gasteiger partial charge is 0.330 e. The van der Waals surface area contributed by atoms with Crippen LogP contribution in [-0.2, 0) is 31.0 Å². The van der Waals surface area contributed by atoms with Gasteiger partial charge in [0.25, 0.3) is 11.5 Å². The number of aromatic nitrogens is 2. The van der Waals surface area contributed by atoms with Crippen molar-refractivity contribution in [3.05, 3.63) is 68.5 Å². The zero-order valence-electron chi connectivity index (χ0n) is 15.6. The summed E-state index contributed by atoms with van der Waals surface area (Å²) in [6.07, 6.45) is 1.15. The molecular formula is C19H22N4O4. The van der Waals surface area contributed by atoms with Crippen LogP contribution in [0.25, 0.3) is 0 Å². The highest BCUT2D eigenvalue weighted by molar-refractivity contribution is 6.07. The van der Waals surface area contributed by atoms with Crippen LogP contribution in [0.4, 0.5) is 4.79 Å². The standard InChI is InChI=1S/C19H22N4O4/c1-4-10-19(13-8-6-5-7-9-13)16(25)23(17(26)20-19)12-14-11-15(24)22(3)18(27)21(14)2/h5-9,11H,4,10,12H2,1-3H3,(H,20,26)/t19-/m1/s1. The van der Waals surface area contributed by atoms with E-state index in [1.54, 1.807) is 0 Å². The summed E-state index contributed by atoms with van der Waals surface area (Å²) in [5.41, 5.74) is -1.11. The lowest BCUT2D eigenvalue weighted by Gasteiger charge is -2.27. The molecule has 1 aliphatic rings. The molecule has 0 unspecified atom stereocenters. The maximum absolute atomic E-state index is 13.3. The quantitative estimate of drug-likeness (QED) is 0.789. The fraction of sp³-hybridized carbons (Fsp3) is 0.368. The molecule has 1 atom stereocenters. The Hall–Kier alpha value is -3.16. The number of amides is 3. The van der Waals surface area contributed by atoms with E-state index in [1.807, 2.05) is 37.3 Å². The van der Waals surface area contributed by atoms with Crippen molar-refractivity contribution in [3.8, 4) is 0 Å². The lowest BCUT2D eigenvalue weighted by molar-refractivity contribution is -0.132. The van der Waals surface area contributed by atoms with E-state index in [0.717, 1.165) is 9.47 Å². The molecule has 1 saturated heterocycles. The number of rotatable bonds is 5. The molecule has 1 aromatic carbocycles. The average Bonchev–Trinajstić information content (AvgIpc) is 2.90. The minimum absolute atomic E-state index is 0.148. The van der Waals surface area contributed by atoms with Crippen molar-refractivity contribution in [2.45, 2.75) is 31.8 Å². The van der Waals surface area contributed by atoms with E-state index in [0.29, 0.717) is 24.1 Å². The molecule has 1 aliphatic heterocycles. The number of hydrogen-bond donors (Lipinski definition) is 1. The summed E-state index contributed by atoms with van der Waals surface area (Å²) in [6.45, 7) is 1.79. The Kier molecular flexibility index (Phi) is 4.73. The number of nitrogens with zero attached hydrogens (tertiary/aromatic N) is 3. The van der Waals surface area contributed by atoms with Gasteiger partial charge in [0, 0.05) is 25.9 Å². The summed E-state index contributed by atoms with van der Waals surface area (Å²) in [5.74, 6) is -0.381. The third-order valence-corrected chi connectivity index (χ3v) is 5.01. The molecule has 1 fully saturated rings. The third-order valence-electron chi connectivity index (χ3n) is 5.01. The van der Waals surface area contributed by atoms with Crippen LogP contribution in [0.5, 0.6) is 0 Å². The smallest absolute Gasteiger partial charge is 0.319 e. The third kappa shape index (κ3) is 2.97. The molecule has 3 amide bonds. The summed E-state index contributed by atoms with van der Waals surface area (Å²) < 4.78 is 2.24. The molecule has 0 spiro atoms. The predicted octanol–water partition coefficient (Wildman–Crippen LogP) is 0.831. The summed E-state index contributed by atoms with van der Waals surface area (Å²) >= 11 is 0. The molecule has 2 heterocycles. The molecule has 1 N–H and O–H groups in total. The normalized spacial score (nSPS) is 19.4. The van der Waals surface area contributed by atoms with Crippen LogP contribution in [0, 0.1) is 0 Å². The van der Waals surface area contributed by atoms with Crippen LogP contribution < -0.4 is 16.6 Å². The van der Waals surface area contributed by atoms with Crippen molar-refractivity contribution in [3.63, 3.8) is 0 Å². The zero-order chi connectivity index (χ0) is 19.8. The van der Waals surface area contributed by atoms with Gasteiger partial charge >= 0.3 is 11.7 Å². The van der Waals surface area contributed by atoms with E-state index in [4.69, 9.17) is 0 Å². The second kappa shape index (κ2) is 6.86. The zero-order valence-corrected chi connectivity index (χ0v) is 15.6. The number of urea groups is 1. The van der Waals surface area contributed by atoms with Crippen molar-refractivity contribution in [1.29, 1.82) is 0 Å². The lowest BCUT2D eigenvalue weighted by Crippen LogP contribution is -2.44. The fourth-order valence-corrected chi connectivity index (χ4v) is 3.47. The van der Waals surface area contributed by atoms with Crippen molar-refractivity contribution in [2.75, 3.05) is 0 Å². The van der Waals surface area contributed by atoms with E-state index in [9.17, 15) is 19.2 Å². The van der Waals surface area contributed by atoms with E-state index in [-0.39, 0.29) is 12.5 Å². The van der Waals surface area contributed by atoms with Gasteiger partial charge in [-0.15, -0.1) is 0 Å². The molecule has 1 aromatic heterocycles. The van der Waals surface area contributed by atoms with Gasteiger partial charge in [0.2, 0.25) is 0 Å². The number of hydrogen-bond acceptors (Lipinski definition) is 4. The van der Waals surface area contributed by atoms with Gasteiger partial charge in [-0.2, -0.15) is 0 Å².